The summed E-state index contributed by atoms with van der Waals surface area (Å²) in [6.07, 6.45) is 0.607. The Hall–Kier alpha value is -8.25. The maximum atomic E-state index is 13.7. The molecule has 0 unspecified atom stereocenters. The van der Waals surface area contributed by atoms with Gasteiger partial charge in [0.25, 0.3) is 11.8 Å². The third kappa shape index (κ3) is 10.4. The number of hydrogen-bond donors (Lipinski definition) is 3. The van der Waals surface area contributed by atoms with Crippen molar-refractivity contribution in [2.24, 2.45) is 0 Å². The summed E-state index contributed by atoms with van der Waals surface area (Å²) in [6, 6.07) is 25.0. The number of alkyl halides is 3. The molecule has 0 bridgehead atoms. The minimum Gasteiger partial charge on any atom is -0.480 e. The first-order chi connectivity index (χ1) is 28.5. The van der Waals surface area contributed by atoms with Gasteiger partial charge in [-0.25, -0.2) is 8.78 Å². The zero-order valence-electron chi connectivity index (χ0n) is 30.9. The minimum atomic E-state index is -4.96. The number of anilines is 2. The second kappa shape index (κ2) is 18.3. The highest BCUT2D eigenvalue weighted by molar-refractivity contribution is 6.13. The van der Waals surface area contributed by atoms with Crippen molar-refractivity contribution in [1.29, 1.82) is 10.5 Å². The fraction of sp³-hybridized carbons (Fsp3) is 0.0952. The van der Waals surface area contributed by atoms with Gasteiger partial charge in [-0.1, -0.05) is 48.5 Å². The van der Waals surface area contributed by atoms with E-state index in [0.29, 0.717) is 39.0 Å². The van der Waals surface area contributed by atoms with Crippen LogP contribution < -0.4 is 15.0 Å². The van der Waals surface area contributed by atoms with Crippen LogP contribution in [0.4, 0.5) is 33.3 Å². The van der Waals surface area contributed by atoms with Gasteiger partial charge in [0.05, 0.1) is 11.4 Å². The van der Waals surface area contributed by atoms with Crippen LogP contribution in [-0.2, 0) is 32.3 Å². The fourth-order valence-corrected chi connectivity index (χ4v) is 5.95. The Morgan fingerprint density at radius 1 is 0.767 bits per heavy atom. The lowest BCUT2D eigenvalue weighted by atomic mass is 10.1. The number of nitrogens with zero attached hydrogens (tertiary/aromatic N) is 5. The lowest BCUT2D eigenvalue weighted by Gasteiger charge is -2.21. The summed E-state index contributed by atoms with van der Waals surface area (Å²) >= 11 is 0. The van der Waals surface area contributed by atoms with Crippen LogP contribution in [0.2, 0.25) is 0 Å². The monoisotopic (exact) mass is 824 g/mol. The van der Waals surface area contributed by atoms with Crippen LogP contribution in [0, 0.1) is 34.3 Å². The Morgan fingerprint density at radius 3 is 1.77 bits per heavy atom. The molecular formula is C42H29F5N6O7. The summed E-state index contributed by atoms with van der Waals surface area (Å²) in [5, 5.41) is 40.5. The van der Waals surface area contributed by atoms with Gasteiger partial charge in [0.1, 0.15) is 48.0 Å². The number of ether oxygens (including phenoxy) is 1. The average molecular weight is 825 g/mol. The molecule has 0 aliphatic heterocycles. The first-order valence-electron chi connectivity index (χ1n) is 17.2. The Bertz CT molecular complexity index is 2790. The molecule has 0 aliphatic rings. The first-order valence-corrected chi connectivity index (χ1v) is 17.2. The lowest BCUT2D eigenvalue weighted by Crippen LogP contribution is -2.29. The average Bonchev–Trinajstić information content (AvgIpc) is 3.72. The van der Waals surface area contributed by atoms with Gasteiger partial charge in [-0.2, -0.15) is 10.5 Å². The highest BCUT2D eigenvalue weighted by atomic mass is 19.4. The second-order valence-corrected chi connectivity index (χ2v) is 12.5. The molecule has 18 heteroatoms. The number of aromatic nitrogens is 2. The normalized spacial score (nSPS) is 11.5. The molecule has 0 radical (unpaired) electrons. The third-order valence-electron chi connectivity index (χ3n) is 8.50. The number of benzene rings is 4. The third-order valence-corrected chi connectivity index (χ3v) is 8.50. The largest absolute Gasteiger partial charge is 0.573 e. The predicted octanol–water partition coefficient (Wildman–Crippen LogP) is 7.74. The van der Waals surface area contributed by atoms with Crippen LogP contribution in [0.25, 0.3) is 34.0 Å². The van der Waals surface area contributed by atoms with E-state index in [1.165, 1.54) is 58.9 Å². The van der Waals surface area contributed by atoms with E-state index >= 15 is 0 Å². The number of nitriles is 2. The van der Waals surface area contributed by atoms with Gasteiger partial charge in [-0.15, -0.1) is 13.2 Å². The number of para-hydroxylation sites is 4. The molecule has 0 atom stereocenters. The van der Waals surface area contributed by atoms with E-state index in [0.717, 1.165) is 23.1 Å². The number of hydrogen-bond acceptors (Lipinski definition) is 7. The molecule has 0 spiro atoms. The number of carbonyl (C=O) groups is 4. The number of nitrogens with one attached hydrogen (secondary N) is 1. The summed E-state index contributed by atoms with van der Waals surface area (Å²) in [4.78, 5) is 48.3. The zero-order chi connectivity index (χ0) is 43.7. The van der Waals surface area contributed by atoms with Gasteiger partial charge in [0, 0.05) is 58.4 Å². The van der Waals surface area contributed by atoms with Crippen LogP contribution in [-0.4, -0.2) is 56.5 Å². The molecule has 0 saturated heterocycles. The maximum absolute atomic E-state index is 13.7. The van der Waals surface area contributed by atoms with Crippen molar-refractivity contribution in [3.63, 3.8) is 0 Å². The number of carboxylic acid groups (broad SMARTS) is 2. The summed E-state index contributed by atoms with van der Waals surface area (Å²) in [7, 11) is 1.22. The Kier molecular flexibility index (Phi) is 13.1. The highest BCUT2D eigenvalue weighted by Crippen LogP contribution is 2.33. The first kappa shape index (κ1) is 42.9. The fourth-order valence-electron chi connectivity index (χ4n) is 5.95. The van der Waals surface area contributed by atoms with Gasteiger partial charge in [0.15, 0.2) is 5.75 Å². The number of fused-ring (bicyclic) bond motifs is 2. The minimum absolute atomic E-state index is 0.177. The van der Waals surface area contributed by atoms with Gasteiger partial charge in [0.2, 0.25) is 0 Å². The van der Waals surface area contributed by atoms with E-state index in [2.05, 4.69) is 10.1 Å². The second-order valence-electron chi connectivity index (χ2n) is 12.5. The van der Waals surface area contributed by atoms with E-state index in [-0.39, 0.29) is 35.6 Å². The van der Waals surface area contributed by atoms with Crippen LogP contribution >= 0.6 is 0 Å². The van der Waals surface area contributed by atoms with Crippen LogP contribution in [0.3, 0.4) is 0 Å². The molecule has 6 aromatic rings. The van der Waals surface area contributed by atoms with E-state index in [1.807, 2.05) is 0 Å². The van der Waals surface area contributed by atoms with Crippen LogP contribution in [0.5, 0.6) is 5.75 Å². The van der Waals surface area contributed by atoms with E-state index in [9.17, 15) is 51.7 Å². The molecule has 3 N–H and O–H groups in total. The number of likely N-dealkylation sites (N-methyl/N-ethyl adjacent to an activating group) is 1. The van der Waals surface area contributed by atoms with Gasteiger partial charge < -0.3 is 34.3 Å². The number of amides is 2. The molecular weight excluding hydrogens is 795 g/mol. The van der Waals surface area contributed by atoms with Gasteiger partial charge >= 0.3 is 18.3 Å². The number of halogens is 5. The molecule has 13 nitrogen and oxygen atoms in total. The van der Waals surface area contributed by atoms with Crippen molar-refractivity contribution in [1.82, 2.24) is 9.13 Å². The molecule has 4 aromatic carbocycles. The summed E-state index contributed by atoms with van der Waals surface area (Å²) in [6.45, 7) is -0.616. The molecule has 304 valence electrons. The van der Waals surface area contributed by atoms with Crippen molar-refractivity contribution in [2.45, 2.75) is 19.5 Å². The SMILES string of the molecule is CN(C(=O)C(C#N)=Cc1cn(CC(=O)O)c2ccccc12)c1ccccc1OC(F)(F)F.N#CC(=Cc1cn(CC(=O)O)c2ccccc12)C(=O)Nc1ccc(F)cc1F. The Morgan fingerprint density at radius 2 is 1.27 bits per heavy atom. The molecule has 0 saturated carbocycles. The van der Waals surface area contributed by atoms with Crippen LogP contribution in [0.1, 0.15) is 11.1 Å². The van der Waals surface area contributed by atoms with E-state index < -0.39 is 47.5 Å². The zero-order valence-corrected chi connectivity index (χ0v) is 30.9. The van der Waals surface area contributed by atoms with E-state index in [1.54, 1.807) is 60.7 Å². The van der Waals surface area contributed by atoms with Crippen molar-refractivity contribution in [2.75, 3.05) is 17.3 Å². The van der Waals surface area contributed by atoms with Crippen molar-refractivity contribution >= 4 is 69.1 Å². The Labute approximate surface area is 336 Å². The molecule has 0 fully saturated rings. The number of carbonyl (C=O) groups excluding carboxylic acids is 2. The molecule has 0 aliphatic carbocycles. The molecule has 2 heterocycles. The summed E-state index contributed by atoms with van der Waals surface area (Å²) in [5.41, 5.74) is 0.976. The van der Waals surface area contributed by atoms with Crippen molar-refractivity contribution in [3.8, 4) is 17.9 Å². The number of aliphatic carboxylic acids is 2. The quantitative estimate of drug-likeness (QED) is 0.0666. The molecule has 6 rings (SSSR count). The number of rotatable bonds is 11. The lowest BCUT2D eigenvalue weighted by molar-refractivity contribution is -0.274. The summed E-state index contributed by atoms with van der Waals surface area (Å²) < 4.78 is 71.7. The van der Waals surface area contributed by atoms with Crippen LogP contribution in [0.15, 0.2) is 115 Å². The highest BCUT2D eigenvalue weighted by Gasteiger charge is 2.33. The Balaban J connectivity index is 0.000000230. The smallest absolute Gasteiger partial charge is 0.480 e. The topological polar surface area (TPSA) is 191 Å². The van der Waals surface area contributed by atoms with Gasteiger partial charge in [-0.05, 0) is 48.6 Å². The molecule has 2 amide bonds. The molecule has 60 heavy (non-hydrogen) atoms. The number of carboxylic acids is 2. The van der Waals surface area contributed by atoms with Gasteiger partial charge in [-0.3, -0.25) is 19.2 Å². The van der Waals surface area contributed by atoms with Crippen molar-refractivity contribution < 1.29 is 56.1 Å². The predicted molar refractivity (Wildman–Crippen MR) is 208 cm³/mol. The summed E-state index contributed by atoms with van der Waals surface area (Å²) in [5.74, 6) is -6.20. The standard InChI is InChI=1S/C22H16F3N3O4.C20H13F2N3O3/c1-27(18-8-4-5-9-19(18)32-22(23,24)25)21(31)14(11-26)10-15-12-28(13-20(29)30)17-7-3-2-6-16(15)17;21-14-5-6-17(16(22)8-14)24-20(28)12(9-23)7-13-10-25(11-19(26)27)18-4-2-1-3-15(13)18/h2-10,12H,13H2,1H3,(H,29,30);1-8,10H,11H2,(H,24,28)(H,26,27). The van der Waals surface area contributed by atoms with Crippen molar-refractivity contribution in [3.05, 3.63) is 137 Å². The van der Waals surface area contributed by atoms with E-state index in [4.69, 9.17) is 10.2 Å². The maximum Gasteiger partial charge on any atom is 0.573 e. The molecule has 2 aromatic heterocycles.